The predicted molar refractivity (Wildman–Crippen MR) is 71.7 cm³/mol. The lowest BCUT2D eigenvalue weighted by molar-refractivity contribution is -0.153. The molecule has 0 spiro atoms. The molecule has 0 aromatic rings. The topological polar surface area (TPSA) is 55.8 Å². The summed E-state index contributed by atoms with van der Waals surface area (Å²) in [7, 11) is 0. The van der Waals surface area contributed by atoms with Gasteiger partial charge in [0.2, 0.25) is 0 Å². The van der Waals surface area contributed by atoms with Crippen LogP contribution in [-0.4, -0.2) is 48.7 Å². The van der Waals surface area contributed by atoms with Crippen molar-refractivity contribution in [2.75, 3.05) is 19.8 Å². The predicted octanol–water partition coefficient (Wildman–Crippen LogP) is 1.75. The minimum atomic E-state index is -0.318. The highest BCUT2D eigenvalue weighted by Gasteiger charge is 2.38. The van der Waals surface area contributed by atoms with Crippen LogP contribution in [0.3, 0.4) is 0 Å². The molecular formula is C14H25NO4. The molecule has 1 aliphatic carbocycles. The van der Waals surface area contributed by atoms with Crippen molar-refractivity contribution in [1.82, 2.24) is 4.90 Å². The fraction of sp³-hybridized carbons (Fsp3) is 0.857. The summed E-state index contributed by atoms with van der Waals surface area (Å²) in [5, 5.41) is 0. The molecule has 0 heterocycles. The highest BCUT2D eigenvalue weighted by Crippen LogP contribution is 2.30. The quantitative estimate of drug-likeness (QED) is 0.598. The number of esters is 2. The van der Waals surface area contributed by atoms with Gasteiger partial charge in [-0.1, -0.05) is 13.3 Å². The van der Waals surface area contributed by atoms with E-state index in [9.17, 15) is 9.59 Å². The van der Waals surface area contributed by atoms with E-state index in [0.29, 0.717) is 19.3 Å². The van der Waals surface area contributed by atoms with Gasteiger partial charge < -0.3 is 9.47 Å². The molecule has 1 rings (SSSR count). The third kappa shape index (κ3) is 5.19. The van der Waals surface area contributed by atoms with Crippen LogP contribution in [0.1, 0.15) is 46.5 Å². The first-order valence-corrected chi connectivity index (χ1v) is 7.21. The summed E-state index contributed by atoms with van der Waals surface area (Å²) in [5.74, 6) is -0.486. The Morgan fingerprint density at radius 1 is 1.16 bits per heavy atom. The summed E-state index contributed by atoms with van der Waals surface area (Å²) in [4.78, 5) is 25.6. The van der Waals surface area contributed by atoms with Gasteiger partial charge in [-0.2, -0.15) is 0 Å². The van der Waals surface area contributed by atoms with Gasteiger partial charge in [0.25, 0.3) is 0 Å². The SMILES string of the molecule is CCCC(C(=O)OCC)N(CC(=O)OCC)C1CC1. The van der Waals surface area contributed by atoms with Gasteiger partial charge >= 0.3 is 11.9 Å². The highest BCUT2D eigenvalue weighted by molar-refractivity contribution is 5.78. The second-order valence-electron chi connectivity index (χ2n) is 4.77. The van der Waals surface area contributed by atoms with Crippen molar-refractivity contribution in [1.29, 1.82) is 0 Å². The van der Waals surface area contributed by atoms with E-state index >= 15 is 0 Å². The van der Waals surface area contributed by atoms with Crippen LogP contribution in [0.2, 0.25) is 0 Å². The number of nitrogens with zero attached hydrogens (tertiary/aromatic N) is 1. The summed E-state index contributed by atoms with van der Waals surface area (Å²) in [6, 6.07) is 0.00668. The molecule has 110 valence electrons. The number of hydrogen-bond donors (Lipinski definition) is 0. The molecule has 0 amide bonds. The van der Waals surface area contributed by atoms with E-state index < -0.39 is 0 Å². The molecule has 1 fully saturated rings. The summed E-state index contributed by atoms with van der Waals surface area (Å²) in [5.41, 5.74) is 0. The van der Waals surface area contributed by atoms with E-state index in [2.05, 4.69) is 0 Å². The van der Waals surface area contributed by atoms with Crippen LogP contribution in [0, 0.1) is 0 Å². The van der Waals surface area contributed by atoms with Crippen LogP contribution < -0.4 is 0 Å². The fourth-order valence-corrected chi connectivity index (χ4v) is 2.19. The zero-order chi connectivity index (χ0) is 14.3. The van der Waals surface area contributed by atoms with Gasteiger partial charge in [-0.05, 0) is 33.1 Å². The van der Waals surface area contributed by atoms with Gasteiger partial charge in [0.1, 0.15) is 6.04 Å². The number of rotatable bonds is 9. The van der Waals surface area contributed by atoms with Crippen LogP contribution >= 0.6 is 0 Å². The molecule has 0 bridgehead atoms. The Labute approximate surface area is 115 Å². The standard InChI is InChI=1S/C14H25NO4/c1-4-7-12(14(17)19-6-3)15(11-8-9-11)10-13(16)18-5-2/h11-12H,4-10H2,1-3H3. The van der Waals surface area contributed by atoms with Crippen LogP contribution in [0.5, 0.6) is 0 Å². The molecule has 0 N–H and O–H groups in total. The zero-order valence-electron chi connectivity index (χ0n) is 12.2. The highest BCUT2D eigenvalue weighted by atomic mass is 16.5. The van der Waals surface area contributed by atoms with Crippen LogP contribution in [0.25, 0.3) is 0 Å². The fourth-order valence-electron chi connectivity index (χ4n) is 2.19. The molecule has 0 aromatic carbocycles. The van der Waals surface area contributed by atoms with Gasteiger partial charge in [0.05, 0.1) is 19.8 Å². The minimum absolute atomic E-state index is 0.183. The second-order valence-corrected chi connectivity index (χ2v) is 4.77. The van der Waals surface area contributed by atoms with Gasteiger partial charge in [-0.3, -0.25) is 14.5 Å². The van der Waals surface area contributed by atoms with Gasteiger partial charge in [-0.25, -0.2) is 0 Å². The Hall–Kier alpha value is -1.10. The first-order chi connectivity index (χ1) is 9.13. The van der Waals surface area contributed by atoms with E-state index in [1.807, 2.05) is 11.8 Å². The second kappa shape index (κ2) is 8.15. The Balaban J connectivity index is 2.68. The molecular weight excluding hydrogens is 246 g/mol. The Bertz CT molecular complexity index is 302. The largest absolute Gasteiger partial charge is 0.465 e. The summed E-state index contributed by atoms with van der Waals surface area (Å²) >= 11 is 0. The zero-order valence-corrected chi connectivity index (χ0v) is 12.2. The Morgan fingerprint density at radius 3 is 2.26 bits per heavy atom. The van der Waals surface area contributed by atoms with Gasteiger partial charge in [0.15, 0.2) is 0 Å². The number of carbonyl (C=O) groups is 2. The monoisotopic (exact) mass is 271 g/mol. The molecule has 1 saturated carbocycles. The van der Waals surface area contributed by atoms with E-state index in [-0.39, 0.29) is 24.5 Å². The van der Waals surface area contributed by atoms with Crippen molar-refractivity contribution < 1.29 is 19.1 Å². The molecule has 1 aliphatic rings. The lowest BCUT2D eigenvalue weighted by Crippen LogP contribution is -2.46. The molecule has 5 heteroatoms. The Kier molecular flexibility index (Phi) is 6.84. The molecule has 0 aliphatic heterocycles. The smallest absolute Gasteiger partial charge is 0.323 e. The molecule has 1 unspecified atom stereocenters. The molecule has 0 aromatic heterocycles. The van der Waals surface area contributed by atoms with Crippen molar-refractivity contribution in [2.45, 2.75) is 58.5 Å². The normalized spacial score (nSPS) is 16.2. The molecule has 19 heavy (non-hydrogen) atoms. The first-order valence-electron chi connectivity index (χ1n) is 7.21. The van der Waals surface area contributed by atoms with Crippen molar-refractivity contribution in [3.63, 3.8) is 0 Å². The third-order valence-electron chi connectivity index (χ3n) is 3.15. The molecule has 5 nitrogen and oxygen atoms in total. The molecule has 1 atom stereocenters. The molecule has 0 saturated heterocycles. The van der Waals surface area contributed by atoms with Crippen LogP contribution in [0.15, 0.2) is 0 Å². The maximum absolute atomic E-state index is 12.0. The molecule has 0 radical (unpaired) electrons. The van der Waals surface area contributed by atoms with E-state index in [0.717, 1.165) is 25.7 Å². The number of ether oxygens (including phenoxy) is 2. The maximum atomic E-state index is 12.0. The number of hydrogen-bond acceptors (Lipinski definition) is 5. The maximum Gasteiger partial charge on any atom is 0.323 e. The summed E-state index contributed by atoms with van der Waals surface area (Å²) in [6.45, 7) is 6.54. The average molecular weight is 271 g/mol. The summed E-state index contributed by atoms with van der Waals surface area (Å²) < 4.78 is 10.1. The Morgan fingerprint density at radius 2 is 1.79 bits per heavy atom. The first kappa shape index (κ1) is 16.0. The van der Waals surface area contributed by atoms with Gasteiger partial charge in [0, 0.05) is 6.04 Å². The lowest BCUT2D eigenvalue weighted by atomic mass is 10.1. The van der Waals surface area contributed by atoms with Crippen molar-refractivity contribution in [2.24, 2.45) is 0 Å². The minimum Gasteiger partial charge on any atom is -0.465 e. The van der Waals surface area contributed by atoms with Crippen molar-refractivity contribution in [3.8, 4) is 0 Å². The number of carbonyl (C=O) groups excluding carboxylic acids is 2. The van der Waals surface area contributed by atoms with Crippen molar-refractivity contribution in [3.05, 3.63) is 0 Å². The van der Waals surface area contributed by atoms with E-state index in [1.54, 1.807) is 13.8 Å². The average Bonchev–Trinajstić information content (AvgIpc) is 3.18. The van der Waals surface area contributed by atoms with Crippen LogP contribution in [0.4, 0.5) is 0 Å². The summed E-state index contributed by atoms with van der Waals surface area (Å²) in [6.07, 6.45) is 3.68. The van der Waals surface area contributed by atoms with E-state index in [1.165, 1.54) is 0 Å². The van der Waals surface area contributed by atoms with Crippen molar-refractivity contribution >= 4 is 11.9 Å². The van der Waals surface area contributed by atoms with Gasteiger partial charge in [-0.15, -0.1) is 0 Å². The lowest BCUT2D eigenvalue weighted by Gasteiger charge is -2.29. The third-order valence-corrected chi connectivity index (χ3v) is 3.15. The van der Waals surface area contributed by atoms with E-state index in [4.69, 9.17) is 9.47 Å². The van der Waals surface area contributed by atoms with Crippen LogP contribution in [-0.2, 0) is 19.1 Å².